The van der Waals surface area contributed by atoms with E-state index < -0.39 is 0 Å². The fraction of sp³-hybridized carbons (Fsp3) is 0.500. The molecular weight excluding hydrogens is 228 g/mol. The highest BCUT2D eigenvalue weighted by molar-refractivity contribution is 5.78. The van der Waals surface area contributed by atoms with Gasteiger partial charge in [-0.25, -0.2) is 0 Å². The molecule has 0 aliphatic carbocycles. The van der Waals surface area contributed by atoms with Crippen molar-refractivity contribution in [2.75, 3.05) is 25.4 Å². The first-order valence-corrected chi connectivity index (χ1v) is 6.23. The monoisotopic (exact) mass is 248 g/mol. The average Bonchev–Trinajstić information content (AvgIpc) is 2.68. The summed E-state index contributed by atoms with van der Waals surface area (Å²) in [5, 5.41) is 0. The van der Waals surface area contributed by atoms with E-state index in [1.165, 1.54) is 0 Å². The summed E-state index contributed by atoms with van der Waals surface area (Å²) in [4.78, 5) is 13.8. The highest BCUT2D eigenvalue weighted by Gasteiger charge is 2.31. The van der Waals surface area contributed by atoms with Crippen molar-refractivity contribution in [2.45, 2.75) is 20.3 Å². The van der Waals surface area contributed by atoms with Crippen molar-refractivity contribution in [3.05, 3.63) is 24.3 Å². The molecule has 4 heteroatoms. The number of ether oxygens (including phenoxy) is 1. The van der Waals surface area contributed by atoms with Crippen LogP contribution in [0.5, 0.6) is 5.75 Å². The zero-order valence-corrected chi connectivity index (χ0v) is 11.0. The lowest BCUT2D eigenvalue weighted by Crippen LogP contribution is -2.34. The van der Waals surface area contributed by atoms with Crippen LogP contribution in [0.1, 0.15) is 20.3 Å². The number of nitrogen functional groups attached to an aromatic ring is 1. The maximum atomic E-state index is 12.0. The van der Waals surface area contributed by atoms with E-state index in [2.05, 4.69) is 13.8 Å². The van der Waals surface area contributed by atoms with Crippen molar-refractivity contribution in [2.24, 2.45) is 5.41 Å². The van der Waals surface area contributed by atoms with Gasteiger partial charge in [-0.2, -0.15) is 0 Å². The molecule has 0 atom stereocenters. The van der Waals surface area contributed by atoms with Gasteiger partial charge in [0.15, 0.2) is 6.61 Å². The summed E-state index contributed by atoms with van der Waals surface area (Å²) in [5.41, 5.74) is 6.54. The molecule has 1 aromatic rings. The van der Waals surface area contributed by atoms with Crippen LogP contribution in [0.15, 0.2) is 24.3 Å². The molecule has 4 nitrogen and oxygen atoms in total. The quantitative estimate of drug-likeness (QED) is 0.831. The van der Waals surface area contributed by atoms with Crippen LogP contribution in [0.25, 0.3) is 0 Å². The van der Waals surface area contributed by atoms with Gasteiger partial charge in [0.05, 0.1) is 5.69 Å². The Morgan fingerprint density at radius 3 is 2.78 bits per heavy atom. The first-order chi connectivity index (χ1) is 8.48. The molecule has 1 heterocycles. The third-order valence-electron chi connectivity index (χ3n) is 3.30. The standard InChI is InChI=1S/C14H20N2O2/c1-14(2)7-8-16(10-14)13(17)9-18-12-6-4-3-5-11(12)15/h3-6H,7-10,15H2,1-2H3. The Kier molecular flexibility index (Phi) is 3.45. The lowest BCUT2D eigenvalue weighted by atomic mass is 9.93. The van der Waals surface area contributed by atoms with Crippen LogP contribution in [0, 0.1) is 5.41 Å². The zero-order valence-electron chi connectivity index (χ0n) is 11.0. The minimum absolute atomic E-state index is 0.0313. The van der Waals surface area contributed by atoms with E-state index in [9.17, 15) is 4.79 Å². The Labute approximate surface area is 108 Å². The first-order valence-electron chi connectivity index (χ1n) is 6.23. The van der Waals surface area contributed by atoms with Gasteiger partial charge in [0, 0.05) is 13.1 Å². The molecule has 18 heavy (non-hydrogen) atoms. The Hall–Kier alpha value is -1.71. The predicted molar refractivity (Wildman–Crippen MR) is 71.3 cm³/mol. The lowest BCUT2D eigenvalue weighted by Gasteiger charge is -2.20. The molecule has 2 N–H and O–H groups in total. The fourth-order valence-electron chi connectivity index (χ4n) is 2.17. The Morgan fingerprint density at radius 2 is 2.17 bits per heavy atom. The third kappa shape index (κ3) is 2.94. The summed E-state index contributed by atoms with van der Waals surface area (Å²) in [5.74, 6) is 0.605. The number of likely N-dealkylation sites (tertiary alicyclic amines) is 1. The van der Waals surface area contributed by atoms with E-state index in [0.717, 1.165) is 19.5 Å². The number of hydrogen-bond donors (Lipinski definition) is 1. The Bertz CT molecular complexity index is 443. The number of rotatable bonds is 3. The second-order valence-electron chi connectivity index (χ2n) is 5.56. The van der Waals surface area contributed by atoms with Gasteiger partial charge in [0.2, 0.25) is 0 Å². The van der Waals surface area contributed by atoms with E-state index in [1.54, 1.807) is 12.1 Å². The summed E-state index contributed by atoms with van der Waals surface area (Å²) < 4.78 is 5.46. The molecule has 1 amide bonds. The maximum Gasteiger partial charge on any atom is 0.260 e. The van der Waals surface area contributed by atoms with Gasteiger partial charge >= 0.3 is 0 Å². The molecule has 1 saturated heterocycles. The fourth-order valence-corrected chi connectivity index (χ4v) is 2.17. The minimum atomic E-state index is 0.0313. The van der Waals surface area contributed by atoms with Crippen molar-refractivity contribution < 1.29 is 9.53 Å². The molecular formula is C14H20N2O2. The summed E-state index contributed by atoms with van der Waals surface area (Å²) in [6.45, 7) is 6.04. The van der Waals surface area contributed by atoms with Crippen LogP contribution in [-0.4, -0.2) is 30.5 Å². The molecule has 0 bridgehead atoms. The molecule has 0 unspecified atom stereocenters. The van der Waals surface area contributed by atoms with Gasteiger partial charge in [-0.05, 0) is 24.0 Å². The van der Waals surface area contributed by atoms with Crippen LogP contribution in [0.4, 0.5) is 5.69 Å². The lowest BCUT2D eigenvalue weighted by molar-refractivity contribution is -0.132. The minimum Gasteiger partial charge on any atom is -0.482 e. The smallest absolute Gasteiger partial charge is 0.260 e. The molecule has 0 radical (unpaired) electrons. The SMILES string of the molecule is CC1(C)CCN(C(=O)COc2ccccc2N)C1. The second-order valence-corrected chi connectivity index (χ2v) is 5.56. The highest BCUT2D eigenvalue weighted by Crippen LogP contribution is 2.28. The predicted octanol–water partition coefficient (Wildman–Crippen LogP) is 1.91. The largest absolute Gasteiger partial charge is 0.482 e. The van der Waals surface area contributed by atoms with Crippen LogP contribution >= 0.6 is 0 Å². The number of para-hydroxylation sites is 2. The van der Waals surface area contributed by atoms with Crippen molar-refractivity contribution in [1.29, 1.82) is 0 Å². The molecule has 1 aliphatic heterocycles. The van der Waals surface area contributed by atoms with Crippen LogP contribution in [-0.2, 0) is 4.79 Å². The van der Waals surface area contributed by atoms with Gasteiger partial charge < -0.3 is 15.4 Å². The van der Waals surface area contributed by atoms with Gasteiger partial charge in [-0.3, -0.25) is 4.79 Å². The zero-order chi connectivity index (χ0) is 13.2. The number of amides is 1. The number of hydrogen-bond acceptors (Lipinski definition) is 3. The van der Waals surface area contributed by atoms with Gasteiger partial charge in [-0.15, -0.1) is 0 Å². The topological polar surface area (TPSA) is 55.6 Å². The number of nitrogens with zero attached hydrogens (tertiary/aromatic N) is 1. The molecule has 1 aliphatic rings. The number of anilines is 1. The highest BCUT2D eigenvalue weighted by atomic mass is 16.5. The average molecular weight is 248 g/mol. The van der Waals surface area contributed by atoms with E-state index >= 15 is 0 Å². The number of carbonyl (C=O) groups excluding carboxylic acids is 1. The molecule has 1 fully saturated rings. The first kappa shape index (κ1) is 12.7. The van der Waals surface area contributed by atoms with Gasteiger partial charge in [0.1, 0.15) is 5.75 Å². The number of carbonyl (C=O) groups is 1. The Balaban J connectivity index is 1.88. The molecule has 0 aromatic heterocycles. The number of nitrogens with two attached hydrogens (primary N) is 1. The van der Waals surface area contributed by atoms with Crippen molar-refractivity contribution in [3.63, 3.8) is 0 Å². The molecule has 0 saturated carbocycles. The Morgan fingerprint density at radius 1 is 1.44 bits per heavy atom. The summed E-state index contributed by atoms with van der Waals surface area (Å²) >= 11 is 0. The molecule has 2 rings (SSSR count). The summed E-state index contributed by atoms with van der Waals surface area (Å²) in [6.07, 6.45) is 1.05. The van der Waals surface area contributed by atoms with Gasteiger partial charge in [-0.1, -0.05) is 26.0 Å². The molecule has 0 spiro atoms. The number of benzene rings is 1. The normalized spacial score (nSPS) is 17.8. The van der Waals surface area contributed by atoms with E-state index in [-0.39, 0.29) is 17.9 Å². The van der Waals surface area contributed by atoms with E-state index in [0.29, 0.717) is 11.4 Å². The van der Waals surface area contributed by atoms with Crippen molar-refractivity contribution >= 4 is 11.6 Å². The third-order valence-corrected chi connectivity index (χ3v) is 3.30. The second kappa shape index (κ2) is 4.88. The van der Waals surface area contributed by atoms with Crippen molar-refractivity contribution in [1.82, 2.24) is 4.90 Å². The van der Waals surface area contributed by atoms with Gasteiger partial charge in [0.25, 0.3) is 5.91 Å². The molecule has 1 aromatic carbocycles. The van der Waals surface area contributed by atoms with Crippen LogP contribution in [0.3, 0.4) is 0 Å². The summed E-state index contributed by atoms with van der Waals surface area (Å²) in [7, 11) is 0. The van der Waals surface area contributed by atoms with Crippen LogP contribution < -0.4 is 10.5 Å². The summed E-state index contributed by atoms with van der Waals surface area (Å²) in [6, 6.07) is 7.22. The van der Waals surface area contributed by atoms with E-state index in [1.807, 2.05) is 17.0 Å². The van der Waals surface area contributed by atoms with Crippen LogP contribution in [0.2, 0.25) is 0 Å². The molecule has 98 valence electrons. The van der Waals surface area contributed by atoms with Crippen molar-refractivity contribution in [3.8, 4) is 5.75 Å². The van der Waals surface area contributed by atoms with E-state index in [4.69, 9.17) is 10.5 Å². The maximum absolute atomic E-state index is 12.0.